The second-order valence-electron chi connectivity index (χ2n) is 6.62. The molecule has 0 saturated heterocycles. The van der Waals surface area contributed by atoms with E-state index in [1.165, 1.54) is 11.1 Å². The molecule has 7 nitrogen and oxygen atoms in total. The van der Waals surface area contributed by atoms with E-state index in [2.05, 4.69) is 62.6 Å². The Morgan fingerprint density at radius 3 is 2.78 bits per heavy atom. The van der Waals surface area contributed by atoms with Gasteiger partial charge in [-0.05, 0) is 43.2 Å². The van der Waals surface area contributed by atoms with Crippen molar-refractivity contribution in [3.05, 3.63) is 66.1 Å². The lowest BCUT2D eigenvalue weighted by Crippen LogP contribution is -1.94. The number of nitrogens with zero attached hydrogens (tertiary/aromatic N) is 5. The maximum atomic E-state index is 4.68. The third kappa shape index (κ3) is 2.69. The maximum absolute atomic E-state index is 4.68. The fraction of sp³-hybridized carbons (Fsp3) is 0.100. The van der Waals surface area contributed by atoms with Crippen LogP contribution in [-0.4, -0.2) is 29.8 Å². The van der Waals surface area contributed by atoms with Gasteiger partial charge in [-0.2, -0.15) is 10.1 Å². The molecular weight excluding hydrogens is 338 g/mol. The fourth-order valence-corrected chi connectivity index (χ4v) is 3.41. The summed E-state index contributed by atoms with van der Waals surface area (Å²) in [6.45, 7) is 4.14. The maximum Gasteiger partial charge on any atom is 0.247 e. The lowest BCUT2D eigenvalue weighted by molar-refractivity contribution is 0.952. The molecule has 3 aromatic heterocycles. The number of H-pyrrole nitrogens is 1. The van der Waals surface area contributed by atoms with Crippen LogP contribution in [0, 0.1) is 13.8 Å². The molecule has 0 radical (unpaired) electrons. The van der Waals surface area contributed by atoms with Crippen molar-refractivity contribution in [2.75, 3.05) is 5.32 Å². The van der Waals surface area contributed by atoms with Gasteiger partial charge in [0.05, 0.1) is 11.7 Å². The van der Waals surface area contributed by atoms with Crippen molar-refractivity contribution in [1.29, 1.82) is 0 Å². The molecule has 5 rings (SSSR count). The van der Waals surface area contributed by atoms with Crippen LogP contribution in [0.5, 0.6) is 0 Å². The van der Waals surface area contributed by atoms with Crippen LogP contribution < -0.4 is 5.32 Å². The first-order chi connectivity index (χ1) is 13.2. The molecule has 0 amide bonds. The van der Waals surface area contributed by atoms with E-state index in [0.29, 0.717) is 11.6 Å². The van der Waals surface area contributed by atoms with E-state index >= 15 is 0 Å². The SMILES string of the molecule is Cc1cc(C)cc(Nc2nc3c(-c4cccc5[nH]ncc45)nccn3n2)c1. The van der Waals surface area contributed by atoms with E-state index in [4.69, 9.17) is 0 Å². The number of hydrogen-bond donors (Lipinski definition) is 2. The van der Waals surface area contributed by atoms with E-state index in [9.17, 15) is 0 Å². The number of anilines is 2. The molecule has 0 aliphatic carbocycles. The highest BCUT2D eigenvalue weighted by Gasteiger charge is 2.14. The minimum absolute atomic E-state index is 0.536. The number of aryl methyl sites for hydroxylation is 2. The van der Waals surface area contributed by atoms with E-state index in [-0.39, 0.29) is 0 Å². The van der Waals surface area contributed by atoms with Crippen molar-refractivity contribution in [3.8, 4) is 11.3 Å². The second kappa shape index (κ2) is 5.91. The smallest absolute Gasteiger partial charge is 0.247 e. The molecular formula is C20H17N7. The number of aromatic nitrogens is 6. The molecule has 0 aliphatic heterocycles. The van der Waals surface area contributed by atoms with Gasteiger partial charge in [0.1, 0.15) is 5.69 Å². The van der Waals surface area contributed by atoms with Crippen molar-refractivity contribution in [2.24, 2.45) is 0 Å². The Morgan fingerprint density at radius 1 is 1.07 bits per heavy atom. The zero-order valence-corrected chi connectivity index (χ0v) is 14.9. The minimum atomic E-state index is 0.536. The molecule has 0 fully saturated rings. The molecule has 0 unspecified atom stereocenters. The average molecular weight is 355 g/mol. The lowest BCUT2D eigenvalue weighted by Gasteiger charge is -2.04. The quantitative estimate of drug-likeness (QED) is 0.510. The summed E-state index contributed by atoms with van der Waals surface area (Å²) in [6.07, 6.45) is 5.34. The third-order valence-electron chi connectivity index (χ3n) is 4.47. The molecule has 132 valence electrons. The molecule has 7 heteroatoms. The van der Waals surface area contributed by atoms with Gasteiger partial charge in [0.15, 0.2) is 5.65 Å². The van der Waals surface area contributed by atoms with Crippen molar-refractivity contribution in [2.45, 2.75) is 13.8 Å². The Bertz CT molecular complexity index is 1260. The normalized spacial score (nSPS) is 11.3. The van der Waals surface area contributed by atoms with E-state index in [1.807, 2.05) is 18.2 Å². The summed E-state index contributed by atoms with van der Waals surface area (Å²) in [4.78, 5) is 9.25. The van der Waals surface area contributed by atoms with Gasteiger partial charge >= 0.3 is 0 Å². The van der Waals surface area contributed by atoms with Gasteiger partial charge in [0.2, 0.25) is 5.95 Å². The van der Waals surface area contributed by atoms with Gasteiger partial charge in [0.25, 0.3) is 0 Å². The van der Waals surface area contributed by atoms with Crippen molar-refractivity contribution < 1.29 is 0 Å². The topological polar surface area (TPSA) is 83.8 Å². The standard InChI is InChI=1S/C20H17N7/c1-12-8-13(2)10-14(9-12)23-20-24-19-18(21-6-7-27(19)26-20)15-4-3-5-17-16(15)11-22-25-17/h3-11H,1-2H3,(H,22,25)(H,23,26). The number of nitrogens with one attached hydrogen (secondary N) is 2. The number of benzene rings is 2. The highest BCUT2D eigenvalue weighted by atomic mass is 15.4. The van der Waals surface area contributed by atoms with Gasteiger partial charge in [-0.3, -0.25) is 10.1 Å². The van der Waals surface area contributed by atoms with Gasteiger partial charge < -0.3 is 5.32 Å². The van der Waals surface area contributed by atoms with Crippen LogP contribution in [0.1, 0.15) is 11.1 Å². The molecule has 0 atom stereocenters. The molecule has 0 bridgehead atoms. The monoisotopic (exact) mass is 355 g/mol. The zero-order valence-electron chi connectivity index (χ0n) is 14.9. The molecule has 2 aromatic carbocycles. The van der Waals surface area contributed by atoms with Crippen molar-refractivity contribution in [1.82, 2.24) is 29.8 Å². The highest BCUT2D eigenvalue weighted by Crippen LogP contribution is 2.29. The summed E-state index contributed by atoms with van der Waals surface area (Å²) in [5, 5.41) is 16.0. The molecule has 27 heavy (non-hydrogen) atoms. The van der Waals surface area contributed by atoms with Crippen LogP contribution in [0.15, 0.2) is 55.0 Å². The van der Waals surface area contributed by atoms with E-state index < -0.39 is 0 Å². The predicted octanol–water partition coefficient (Wildman–Crippen LogP) is 4.03. The first kappa shape index (κ1) is 15.5. The average Bonchev–Trinajstić information content (AvgIpc) is 3.26. The predicted molar refractivity (Wildman–Crippen MR) is 105 cm³/mol. The zero-order chi connectivity index (χ0) is 18.4. The summed E-state index contributed by atoms with van der Waals surface area (Å²) in [5.41, 5.74) is 6.74. The summed E-state index contributed by atoms with van der Waals surface area (Å²) in [7, 11) is 0. The summed E-state index contributed by atoms with van der Waals surface area (Å²) < 4.78 is 1.74. The molecule has 2 N–H and O–H groups in total. The summed E-state index contributed by atoms with van der Waals surface area (Å²) >= 11 is 0. The molecule has 0 saturated carbocycles. The van der Waals surface area contributed by atoms with Crippen molar-refractivity contribution >= 4 is 28.2 Å². The Kier molecular flexibility index (Phi) is 3.39. The first-order valence-electron chi connectivity index (χ1n) is 8.66. The van der Waals surface area contributed by atoms with E-state index in [1.54, 1.807) is 23.1 Å². The largest absolute Gasteiger partial charge is 0.323 e. The van der Waals surface area contributed by atoms with Crippen LogP contribution in [0.3, 0.4) is 0 Å². The van der Waals surface area contributed by atoms with Gasteiger partial charge in [-0.25, -0.2) is 4.52 Å². The van der Waals surface area contributed by atoms with E-state index in [0.717, 1.165) is 27.8 Å². The minimum Gasteiger partial charge on any atom is -0.323 e. The van der Waals surface area contributed by atoms with Crippen LogP contribution >= 0.6 is 0 Å². The summed E-state index contributed by atoms with van der Waals surface area (Å²) in [5.74, 6) is 0.536. The second-order valence-corrected chi connectivity index (χ2v) is 6.62. The number of hydrogen-bond acceptors (Lipinski definition) is 5. The van der Waals surface area contributed by atoms with Crippen molar-refractivity contribution in [3.63, 3.8) is 0 Å². The molecule has 3 heterocycles. The Balaban J connectivity index is 1.62. The first-order valence-corrected chi connectivity index (χ1v) is 8.66. The Labute approximate surface area is 155 Å². The van der Waals surface area contributed by atoms with Gasteiger partial charge in [-0.15, -0.1) is 5.10 Å². The number of aromatic amines is 1. The Hall–Kier alpha value is -3.74. The molecule has 5 aromatic rings. The molecule has 0 aliphatic rings. The van der Waals surface area contributed by atoms with Gasteiger partial charge in [-0.1, -0.05) is 18.2 Å². The molecule has 0 spiro atoms. The summed E-state index contributed by atoms with van der Waals surface area (Å²) in [6, 6.07) is 12.3. The number of rotatable bonds is 3. The highest BCUT2D eigenvalue weighted by molar-refractivity contribution is 5.96. The Morgan fingerprint density at radius 2 is 1.93 bits per heavy atom. The van der Waals surface area contributed by atoms with Gasteiger partial charge in [0, 0.05) is 29.0 Å². The van der Waals surface area contributed by atoms with Crippen LogP contribution in [0.25, 0.3) is 27.8 Å². The fourth-order valence-electron chi connectivity index (χ4n) is 3.41. The van der Waals surface area contributed by atoms with Crippen LogP contribution in [0.2, 0.25) is 0 Å². The third-order valence-corrected chi connectivity index (χ3v) is 4.47. The number of fused-ring (bicyclic) bond motifs is 2. The van der Waals surface area contributed by atoms with Crippen LogP contribution in [-0.2, 0) is 0 Å². The van der Waals surface area contributed by atoms with Crippen LogP contribution in [0.4, 0.5) is 11.6 Å². The lowest BCUT2D eigenvalue weighted by atomic mass is 10.1.